The van der Waals surface area contributed by atoms with Crippen LogP contribution < -0.4 is 10.3 Å². The van der Waals surface area contributed by atoms with E-state index in [1.54, 1.807) is 13.8 Å². The number of ether oxygens (including phenoxy) is 1. The van der Waals surface area contributed by atoms with Gasteiger partial charge in [-0.15, -0.1) is 4.83 Å². The number of furan rings is 1. The van der Waals surface area contributed by atoms with Crippen molar-refractivity contribution in [1.29, 1.82) is 0 Å². The molecule has 0 aliphatic carbocycles. The minimum Gasteiger partial charge on any atom is -0.469 e. The van der Waals surface area contributed by atoms with E-state index in [0.29, 0.717) is 5.76 Å². The predicted octanol–water partition coefficient (Wildman–Crippen LogP) is 1.39. The van der Waals surface area contributed by atoms with Gasteiger partial charge in [0.25, 0.3) is 15.9 Å². The molecule has 1 heterocycles. The number of esters is 1. The highest BCUT2D eigenvalue weighted by Gasteiger charge is 2.18. The first-order valence-corrected chi connectivity index (χ1v) is 8.47. The third-order valence-corrected chi connectivity index (χ3v) is 4.34. The van der Waals surface area contributed by atoms with Crippen LogP contribution in [0.3, 0.4) is 0 Å². The quantitative estimate of drug-likeness (QED) is 0.600. The number of amides is 1. The number of nitrogens with one attached hydrogen (secondary N) is 2. The third kappa shape index (κ3) is 4.00. The molecule has 0 unspecified atom stereocenters. The van der Waals surface area contributed by atoms with E-state index in [4.69, 9.17) is 9.15 Å². The zero-order valence-corrected chi connectivity index (χ0v) is 13.8. The van der Waals surface area contributed by atoms with Gasteiger partial charge in [-0.1, -0.05) is 0 Å². The van der Waals surface area contributed by atoms with Crippen LogP contribution in [0.4, 0.5) is 0 Å². The topological polar surface area (TPSA) is 115 Å². The fourth-order valence-corrected chi connectivity index (χ4v) is 2.68. The zero-order valence-electron chi connectivity index (χ0n) is 13.0. The van der Waals surface area contributed by atoms with Crippen molar-refractivity contribution >= 4 is 21.9 Å². The first-order valence-electron chi connectivity index (χ1n) is 6.98. The second kappa shape index (κ2) is 7.28. The molecule has 24 heavy (non-hydrogen) atoms. The summed E-state index contributed by atoms with van der Waals surface area (Å²) in [7, 11) is -3.98. The molecule has 1 aromatic heterocycles. The Labute approximate surface area is 138 Å². The molecule has 0 fully saturated rings. The van der Waals surface area contributed by atoms with Gasteiger partial charge in [-0.2, -0.15) is 0 Å². The number of carbonyl (C=O) groups is 2. The van der Waals surface area contributed by atoms with Crippen molar-refractivity contribution in [3.05, 3.63) is 53.5 Å². The molecule has 0 aliphatic heterocycles. The maximum Gasteiger partial charge on any atom is 0.338 e. The molecule has 8 nitrogen and oxygen atoms in total. The van der Waals surface area contributed by atoms with E-state index in [2.05, 4.69) is 5.43 Å². The number of carbonyl (C=O) groups excluding carboxylic acids is 2. The Morgan fingerprint density at radius 3 is 2.38 bits per heavy atom. The van der Waals surface area contributed by atoms with Crippen LogP contribution >= 0.6 is 0 Å². The number of hydrogen-bond donors (Lipinski definition) is 2. The smallest absolute Gasteiger partial charge is 0.338 e. The highest BCUT2D eigenvalue weighted by Crippen LogP contribution is 2.12. The van der Waals surface area contributed by atoms with Gasteiger partial charge in [-0.05, 0) is 44.2 Å². The number of hydrazine groups is 1. The fraction of sp³-hybridized carbons (Fsp3) is 0.200. The Morgan fingerprint density at radius 2 is 1.83 bits per heavy atom. The highest BCUT2D eigenvalue weighted by molar-refractivity contribution is 7.89. The molecule has 9 heteroatoms. The summed E-state index contributed by atoms with van der Waals surface area (Å²) in [6.07, 6.45) is 1.33. The normalized spacial score (nSPS) is 11.1. The minimum atomic E-state index is -3.98. The number of benzene rings is 1. The molecule has 2 aromatic rings. The summed E-state index contributed by atoms with van der Waals surface area (Å²) in [6.45, 7) is 3.47. The first-order chi connectivity index (χ1) is 11.3. The van der Waals surface area contributed by atoms with Crippen molar-refractivity contribution in [1.82, 2.24) is 10.3 Å². The van der Waals surface area contributed by atoms with E-state index < -0.39 is 21.9 Å². The molecule has 2 N–H and O–H groups in total. The average molecular weight is 352 g/mol. The van der Waals surface area contributed by atoms with E-state index in [0.717, 1.165) is 0 Å². The minimum absolute atomic E-state index is 0.111. The largest absolute Gasteiger partial charge is 0.469 e. The summed E-state index contributed by atoms with van der Waals surface area (Å²) in [5.41, 5.74) is 2.54. The third-order valence-electron chi connectivity index (χ3n) is 3.08. The Hall–Kier alpha value is -2.65. The molecule has 1 aromatic carbocycles. The molecule has 0 spiro atoms. The molecule has 0 saturated carbocycles. The molecule has 0 atom stereocenters. The van der Waals surface area contributed by atoms with Crippen molar-refractivity contribution in [3.8, 4) is 0 Å². The van der Waals surface area contributed by atoms with Crippen LogP contribution in [0.1, 0.15) is 33.4 Å². The van der Waals surface area contributed by atoms with Crippen LogP contribution in [0.5, 0.6) is 0 Å². The van der Waals surface area contributed by atoms with E-state index in [-0.39, 0.29) is 22.6 Å². The second-order valence-corrected chi connectivity index (χ2v) is 6.38. The molecule has 1 amide bonds. The summed E-state index contributed by atoms with van der Waals surface area (Å²) in [6, 6.07) is 6.56. The lowest BCUT2D eigenvalue weighted by molar-refractivity contribution is 0.0526. The van der Waals surface area contributed by atoms with Crippen LogP contribution in [-0.2, 0) is 14.8 Å². The Bertz CT molecular complexity index is 839. The Kier molecular flexibility index (Phi) is 5.37. The Balaban J connectivity index is 2.06. The number of hydrogen-bond acceptors (Lipinski definition) is 6. The average Bonchev–Trinajstić information content (AvgIpc) is 2.99. The molecule has 0 saturated heterocycles. The summed E-state index contributed by atoms with van der Waals surface area (Å²) in [5.74, 6) is -0.823. The highest BCUT2D eigenvalue weighted by atomic mass is 32.2. The maximum atomic E-state index is 12.1. The van der Waals surface area contributed by atoms with E-state index >= 15 is 0 Å². The van der Waals surface area contributed by atoms with E-state index in [1.165, 1.54) is 36.6 Å². The summed E-state index contributed by atoms with van der Waals surface area (Å²) < 4.78 is 34.1. The Morgan fingerprint density at radius 1 is 1.17 bits per heavy atom. The summed E-state index contributed by atoms with van der Waals surface area (Å²) in [4.78, 5) is 25.3. The van der Waals surface area contributed by atoms with Gasteiger partial charge in [0.05, 0.1) is 28.9 Å². The number of sulfonamides is 1. The number of aryl methyl sites for hydroxylation is 1. The zero-order chi connectivity index (χ0) is 17.7. The summed E-state index contributed by atoms with van der Waals surface area (Å²) in [5, 5.41) is 0. The molecule has 128 valence electrons. The van der Waals surface area contributed by atoms with Crippen LogP contribution in [0.15, 0.2) is 45.9 Å². The lowest BCUT2D eigenvalue weighted by atomic mass is 10.2. The molecule has 0 radical (unpaired) electrons. The van der Waals surface area contributed by atoms with Gasteiger partial charge >= 0.3 is 5.97 Å². The van der Waals surface area contributed by atoms with Gasteiger partial charge in [0, 0.05) is 0 Å². The van der Waals surface area contributed by atoms with Crippen LogP contribution in [0.25, 0.3) is 0 Å². The lowest BCUT2D eigenvalue weighted by Gasteiger charge is -2.08. The van der Waals surface area contributed by atoms with Crippen molar-refractivity contribution in [2.75, 3.05) is 6.61 Å². The molecular formula is C15H16N2O6S. The molecule has 2 rings (SSSR count). The maximum absolute atomic E-state index is 12.1. The molecule has 0 bridgehead atoms. The molecule has 0 aliphatic rings. The van der Waals surface area contributed by atoms with Crippen molar-refractivity contribution in [3.63, 3.8) is 0 Å². The van der Waals surface area contributed by atoms with Gasteiger partial charge in [-0.25, -0.2) is 13.2 Å². The van der Waals surface area contributed by atoms with Crippen LogP contribution in [-0.4, -0.2) is 26.9 Å². The first kappa shape index (κ1) is 17.7. The second-order valence-electron chi connectivity index (χ2n) is 4.69. The van der Waals surface area contributed by atoms with Crippen LogP contribution in [0.2, 0.25) is 0 Å². The van der Waals surface area contributed by atoms with E-state index in [1.807, 2.05) is 4.83 Å². The molecular weight excluding hydrogens is 336 g/mol. The van der Waals surface area contributed by atoms with E-state index in [9.17, 15) is 18.0 Å². The van der Waals surface area contributed by atoms with Gasteiger partial charge < -0.3 is 9.15 Å². The SMILES string of the molecule is CCOC(=O)c1ccc(S(=O)(=O)NNC(=O)c2ccoc2C)cc1. The predicted molar refractivity (Wildman–Crippen MR) is 83.6 cm³/mol. The van der Waals surface area contributed by atoms with Crippen LogP contribution in [0, 0.1) is 6.92 Å². The fourth-order valence-electron chi connectivity index (χ4n) is 1.84. The van der Waals surface area contributed by atoms with Gasteiger partial charge in [0.2, 0.25) is 0 Å². The van der Waals surface area contributed by atoms with Crippen molar-refractivity contribution < 1.29 is 27.2 Å². The standard InChI is InChI=1S/C15H16N2O6S/c1-3-22-15(19)11-4-6-12(7-5-11)24(20,21)17-16-14(18)13-8-9-23-10(13)2/h4-9,17H,3H2,1-2H3,(H,16,18). The van der Waals surface area contributed by atoms with Gasteiger partial charge in [-0.3, -0.25) is 10.2 Å². The van der Waals surface area contributed by atoms with Crippen molar-refractivity contribution in [2.45, 2.75) is 18.7 Å². The number of rotatable bonds is 6. The van der Waals surface area contributed by atoms with Gasteiger partial charge in [0.15, 0.2) is 0 Å². The lowest BCUT2D eigenvalue weighted by Crippen LogP contribution is -2.41. The van der Waals surface area contributed by atoms with Crippen molar-refractivity contribution in [2.24, 2.45) is 0 Å². The summed E-state index contributed by atoms with van der Waals surface area (Å²) >= 11 is 0. The monoisotopic (exact) mass is 352 g/mol. The van der Waals surface area contributed by atoms with Gasteiger partial charge in [0.1, 0.15) is 5.76 Å².